The summed E-state index contributed by atoms with van der Waals surface area (Å²) in [5.74, 6) is -0.414. The van der Waals surface area contributed by atoms with E-state index in [0.717, 1.165) is 11.8 Å². The summed E-state index contributed by atoms with van der Waals surface area (Å²) in [5, 5.41) is 3.96. The molecular formula is C19H17FN2O4. The van der Waals surface area contributed by atoms with Gasteiger partial charge in [0, 0.05) is 23.0 Å². The van der Waals surface area contributed by atoms with Gasteiger partial charge in [0.25, 0.3) is 0 Å². The van der Waals surface area contributed by atoms with E-state index >= 15 is 0 Å². The van der Waals surface area contributed by atoms with E-state index in [1.807, 2.05) is 6.92 Å². The van der Waals surface area contributed by atoms with Crippen molar-refractivity contribution in [3.8, 4) is 5.82 Å². The van der Waals surface area contributed by atoms with E-state index < -0.39 is 18.4 Å². The molecule has 3 rings (SSSR count). The molecule has 0 saturated carbocycles. The second-order valence-corrected chi connectivity index (χ2v) is 5.93. The second-order valence-electron chi connectivity index (χ2n) is 5.93. The van der Waals surface area contributed by atoms with Gasteiger partial charge in [-0.15, -0.1) is 0 Å². The number of Topliss-reactive ketones (excluding diaryl/α,β-unsaturated/α-hetero) is 1. The first kappa shape index (κ1) is 17.6. The molecule has 2 heterocycles. The zero-order valence-electron chi connectivity index (χ0n) is 14.6. The lowest BCUT2D eigenvalue weighted by Gasteiger charge is -2.06. The number of hydrogen-bond donors (Lipinski definition) is 0. The third-order valence-electron chi connectivity index (χ3n) is 3.97. The Morgan fingerprint density at radius 1 is 1.19 bits per heavy atom. The number of aromatic nitrogens is 2. The van der Waals surface area contributed by atoms with Crippen LogP contribution in [0.5, 0.6) is 0 Å². The highest BCUT2D eigenvalue weighted by molar-refractivity contribution is 6.00. The number of esters is 1. The van der Waals surface area contributed by atoms with Gasteiger partial charge >= 0.3 is 5.97 Å². The molecule has 0 amide bonds. The van der Waals surface area contributed by atoms with Crippen LogP contribution in [-0.4, -0.2) is 28.1 Å². The van der Waals surface area contributed by atoms with E-state index in [2.05, 4.69) is 5.16 Å². The Labute approximate surface area is 149 Å². The fourth-order valence-electron chi connectivity index (χ4n) is 2.76. The minimum atomic E-state index is -0.751. The van der Waals surface area contributed by atoms with Crippen LogP contribution in [0.1, 0.15) is 37.9 Å². The van der Waals surface area contributed by atoms with Gasteiger partial charge in [0.2, 0.25) is 5.78 Å². The molecule has 2 aromatic heterocycles. The number of halogens is 1. The number of ketones is 1. The van der Waals surface area contributed by atoms with E-state index in [-0.39, 0.29) is 11.3 Å². The van der Waals surface area contributed by atoms with Crippen LogP contribution in [0, 0.1) is 26.6 Å². The summed E-state index contributed by atoms with van der Waals surface area (Å²) in [6.45, 7) is 4.96. The molecule has 0 aliphatic rings. The maximum atomic E-state index is 13.2. The SMILES string of the molecule is Cc1cc(-n2c(C)cc(C(=O)COC(=O)c3cccc(F)c3)c2C)no1. The van der Waals surface area contributed by atoms with Gasteiger partial charge in [0.1, 0.15) is 11.6 Å². The maximum Gasteiger partial charge on any atom is 0.338 e. The topological polar surface area (TPSA) is 74.3 Å². The van der Waals surface area contributed by atoms with Gasteiger partial charge < -0.3 is 9.26 Å². The van der Waals surface area contributed by atoms with Crippen LogP contribution in [0.15, 0.2) is 40.9 Å². The van der Waals surface area contributed by atoms with Crippen LogP contribution in [0.4, 0.5) is 4.39 Å². The molecule has 26 heavy (non-hydrogen) atoms. The van der Waals surface area contributed by atoms with Gasteiger partial charge in [-0.05, 0) is 45.0 Å². The Morgan fingerprint density at radius 2 is 1.96 bits per heavy atom. The first-order valence-corrected chi connectivity index (χ1v) is 7.95. The number of carbonyl (C=O) groups is 2. The number of aryl methyl sites for hydroxylation is 2. The van der Waals surface area contributed by atoms with Crippen LogP contribution in [0.3, 0.4) is 0 Å². The van der Waals surface area contributed by atoms with Crippen molar-refractivity contribution < 1.29 is 23.2 Å². The third-order valence-corrected chi connectivity index (χ3v) is 3.97. The highest BCUT2D eigenvalue weighted by Gasteiger charge is 2.20. The van der Waals surface area contributed by atoms with Crippen LogP contribution >= 0.6 is 0 Å². The zero-order chi connectivity index (χ0) is 18.8. The quantitative estimate of drug-likeness (QED) is 0.516. The third kappa shape index (κ3) is 3.42. The molecule has 134 valence electrons. The Hall–Kier alpha value is -3.22. The lowest BCUT2D eigenvalue weighted by Crippen LogP contribution is -2.15. The lowest BCUT2D eigenvalue weighted by molar-refractivity contribution is 0.0474. The number of hydrogen-bond acceptors (Lipinski definition) is 5. The van der Waals surface area contributed by atoms with Crippen molar-refractivity contribution in [2.75, 3.05) is 6.61 Å². The van der Waals surface area contributed by atoms with Crippen molar-refractivity contribution >= 4 is 11.8 Å². The highest BCUT2D eigenvalue weighted by atomic mass is 19.1. The number of benzene rings is 1. The molecule has 6 nitrogen and oxygen atoms in total. The number of rotatable bonds is 5. The molecule has 0 spiro atoms. The van der Waals surface area contributed by atoms with Crippen LogP contribution in [-0.2, 0) is 4.74 Å². The van der Waals surface area contributed by atoms with Crippen molar-refractivity contribution in [2.24, 2.45) is 0 Å². The molecule has 0 N–H and O–H groups in total. The van der Waals surface area contributed by atoms with E-state index in [0.29, 0.717) is 22.8 Å². The molecule has 3 aromatic rings. The molecular weight excluding hydrogens is 339 g/mol. The van der Waals surface area contributed by atoms with Gasteiger partial charge in [-0.2, -0.15) is 0 Å². The van der Waals surface area contributed by atoms with Crippen molar-refractivity contribution in [3.63, 3.8) is 0 Å². The first-order valence-electron chi connectivity index (χ1n) is 7.95. The lowest BCUT2D eigenvalue weighted by atomic mass is 10.1. The minimum Gasteiger partial charge on any atom is -0.454 e. The second kappa shape index (κ2) is 6.95. The van der Waals surface area contributed by atoms with E-state index in [4.69, 9.17) is 9.26 Å². The fourth-order valence-corrected chi connectivity index (χ4v) is 2.76. The summed E-state index contributed by atoms with van der Waals surface area (Å²) in [4.78, 5) is 24.4. The van der Waals surface area contributed by atoms with Gasteiger partial charge in [-0.3, -0.25) is 9.36 Å². The summed E-state index contributed by atoms with van der Waals surface area (Å²) < 4.78 is 25.0. The van der Waals surface area contributed by atoms with Gasteiger partial charge in [-0.1, -0.05) is 11.2 Å². The average molecular weight is 356 g/mol. The Kier molecular flexibility index (Phi) is 4.71. The Balaban J connectivity index is 1.75. The predicted octanol–water partition coefficient (Wildman–Crippen LogP) is 3.57. The van der Waals surface area contributed by atoms with Crippen LogP contribution in [0.2, 0.25) is 0 Å². The predicted molar refractivity (Wildman–Crippen MR) is 91.1 cm³/mol. The Bertz CT molecular complexity index is 987. The molecule has 0 radical (unpaired) electrons. The number of ether oxygens (including phenoxy) is 1. The molecule has 0 unspecified atom stereocenters. The summed E-state index contributed by atoms with van der Waals surface area (Å²) in [5.41, 5.74) is 1.95. The maximum absolute atomic E-state index is 13.2. The van der Waals surface area contributed by atoms with E-state index in [1.54, 1.807) is 30.5 Å². The monoisotopic (exact) mass is 356 g/mol. The van der Waals surface area contributed by atoms with Crippen molar-refractivity contribution in [1.82, 2.24) is 9.72 Å². The summed E-state index contributed by atoms with van der Waals surface area (Å²) in [7, 11) is 0. The van der Waals surface area contributed by atoms with Gasteiger partial charge in [0.15, 0.2) is 12.4 Å². The normalized spacial score (nSPS) is 10.8. The summed E-state index contributed by atoms with van der Waals surface area (Å²) in [6, 6.07) is 8.58. The molecule has 1 aromatic carbocycles. The molecule has 0 atom stereocenters. The molecule has 0 aliphatic carbocycles. The number of nitrogens with zero attached hydrogens (tertiary/aromatic N) is 2. The largest absolute Gasteiger partial charge is 0.454 e. The molecule has 0 bridgehead atoms. The Morgan fingerprint density at radius 3 is 2.62 bits per heavy atom. The smallest absolute Gasteiger partial charge is 0.338 e. The van der Waals surface area contributed by atoms with Crippen molar-refractivity contribution in [1.29, 1.82) is 0 Å². The standard InChI is InChI=1S/C19H17FN2O4/c1-11-7-16(13(3)22(11)18-8-12(2)26-21-18)17(23)10-25-19(24)14-5-4-6-15(20)9-14/h4-9H,10H2,1-3H3. The van der Waals surface area contributed by atoms with Gasteiger partial charge in [-0.25, -0.2) is 9.18 Å². The summed E-state index contributed by atoms with van der Waals surface area (Å²) in [6.07, 6.45) is 0. The summed E-state index contributed by atoms with van der Waals surface area (Å²) >= 11 is 0. The highest BCUT2D eigenvalue weighted by Crippen LogP contribution is 2.21. The number of carbonyl (C=O) groups excluding carboxylic acids is 2. The van der Waals surface area contributed by atoms with Crippen molar-refractivity contribution in [2.45, 2.75) is 20.8 Å². The molecule has 0 aliphatic heterocycles. The van der Waals surface area contributed by atoms with Crippen molar-refractivity contribution in [3.05, 3.63) is 70.5 Å². The van der Waals surface area contributed by atoms with Gasteiger partial charge in [0.05, 0.1) is 5.56 Å². The molecule has 0 fully saturated rings. The van der Waals surface area contributed by atoms with E-state index in [1.165, 1.54) is 18.2 Å². The fraction of sp³-hybridized carbons (Fsp3) is 0.211. The van der Waals surface area contributed by atoms with Crippen LogP contribution < -0.4 is 0 Å². The van der Waals surface area contributed by atoms with Crippen LogP contribution in [0.25, 0.3) is 5.82 Å². The molecule has 0 saturated heterocycles. The molecule has 7 heteroatoms. The first-order chi connectivity index (χ1) is 12.4. The van der Waals surface area contributed by atoms with E-state index in [9.17, 15) is 14.0 Å². The minimum absolute atomic E-state index is 0.0568. The zero-order valence-corrected chi connectivity index (χ0v) is 14.6. The average Bonchev–Trinajstić information content (AvgIpc) is 3.15.